The summed E-state index contributed by atoms with van der Waals surface area (Å²) < 4.78 is 47.2. The number of para-hydroxylation sites is 1. The summed E-state index contributed by atoms with van der Waals surface area (Å²) in [6.07, 6.45) is -5.10. The number of hydrogen-bond acceptors (Lipinski definition) is 13. The summed E-state index contributed by atoms with van der Waals surface area (Å²) in [7, 11) is -10.7. The van der Waals surface area contributed by atoms with E-state index in [2.05, 4.69) is 33.7 Å². The number of aliphatic hydroxyl groups excluding tert-OH is 2. The third-order valence-corrected chi connectivity index (χ3v) is 9.98. The molecule has 3 aromatic heterocycles. The molecular weight excluding hydrogens is 664 g/mol. The first-order valence-corrected chi connectivity index (χ1v) is 17.0. The van der Waals surface area contributed by atoms with Gasteiger partial charge in [0.2, 0.25) is 5.95 Å². The first kappa shape index (κ1) is 32.9. The molecule has 0 radical (unpaired) electrons. The minimum absolute atomic E-state index is 0.0766. The number of nitrogen functional groups attached to an aromatic ring is 1. The molecule has 0 saturated carbocycles. The summed E-state index contributed by atoms with van der Waals surface area (Å²) in [5.74, 6) is -1.11. The van der Waals surface area contributed by atoms with E-state index in [1.54, 1.807) is 12.1 Å². The van der Waals surface area contributed by atoms with Gasteiger partial charge in [0.05, 0.1) is 12.9 Å². The van der Waals surface area contributed by atoms with Crippen molar-refractivity contribution >= 4 is 66.2 Å². The predicted octanol–water partition coefficient (Wildman–Crippen LogP) is 1.34. The lowest BCUT2D eigenvalue weighted by atomic mass is 10.1. The molecule has 4 heterocycles. The quantitative estimate of drug-likeness (QED) is 0.0962. The molecule has 19 nitrogen and oxygen atoms in total. The predicted molar refractivity (Wildman–Crippen MR) is 165 cm³/mol. The van der Waals surface area contributed by atoms with Crippen LogP contribution in [0, 0.1) is 0 Å². The first-order chi connectivity index (χ1) is 22.3. The number of aromatic amines is 1. The van der Waals surface area contributed by atoms with Crippen molar-refractivity contribution in [3.63, 3.8) is 0 Å². The second kappa shape index (κ2) is 12.6. The van der Waals surface area contributed by atoms with Crippen molar-refractivity contribution in [1.29, 1.82) is 0 Å². The van der Waals surface area contributed by atoms with E-state index in [1.165, 1.54) is 0 Å². The zero-order valence-corrected chi connectivity index (χ0v) is 26.2. The van der Waals surface area contributed by atoms with E-state index in [4.69, 9.17) is 15.0 Å². The summed E-state index contributed by atoms with van der Waals surface area (Å²) in [6, 6.07) is 13.0. The van der Waals surface area contributed by atoms with Crippen molar-refractivity contribution in [3.8, 4) is 0 Å². The maximum Gasteiger partial charge on any atom is 0.481 e. The number of amides is 1. The number of anilines is 2. The number of hydrogen-bond donors (Lipinski definition) is 7. The number of nitrogens with one attached hydrogen (secondary N) is 2. The Hall–Kier alpha value is -4.00. The molecule has 6 atom stereocenters. The van der Waals surface area contributed by atoms with Crippen LogP contribution in [0.2, 0.25) is 0 Å². The van der Waals surface area contributed by atoms with Gasteiger partial charge < -0.3 is 40.4 Å². The number of imidazole rings is 1. The summed E-state index contributed by atoms with van der Waals surface area (Å²) in [6.45, 7) is 0.800. The number of H-pyrrole nitrogens is 1. The van der Waals surface area contributed by atoms with Crippen LogP contribution in [-0.4, -0.2) is 81.5 Å². The van der Waals surface area contributed by atoms with Crippen LogP contribution in [0.15, 0.2) is 53.6 Å². The Morgan fingerprint density at radius 2 is 1.81 bits per heavy atom. The van der Waals surface area contributed by atoms with Gasteiger partial charge in [-0.25, -0.2) is 14.1 Å². The zero-order valence-electron chi connectivity index (χ0n) is 24.4. The molecule has 1 aliphatic heterocycles. The van der Waals surface area contributed by atoms with Crippen molar-refractivity contribution in [2.45, 2.75) is 38.0 Å². The molecule has 0 spiro atoms. The number of nitrogens with two attached hydrogens (primary N) is 1. The maximum atomic E-state index is 12.5. The van der Waals surface area contributed by atoms with Crippen LogP contribution in [0.25, 0.3) is 33.0 Å². The van der Waals surface area contributed by atoms with Gasteiger partial charge in [0.1, 0.15) is 24.9 Å². The van der Waals surface area contributed by atoms with Crippen LogP contribution in [0.5, 0.6) is 0 Å². The standard InChI is InChI=1S/C26H29N7O12P2/c1-2-32-16-6-4-3-5-14(16)15-9-13(7-8-17(15)32)29-19(34)11-43-47(40,41)45-46(38,39)42-10-18-21(35)22(36)25(44-18)33-12-28-20-23(33)30-26(27)31-24(20)37/h3-9,12,18,21-22,25,35-36H,2,10-11H2,1H3,(H,29,34)(H,38,39)(H,40,41)(H3,27,30,31,37)/t18-,21-,22-,25-/m1/s1. The Labute approximate surface area is 263 Å². The normalized spacial score (nSPS) is 22.5. The number of ether oxygens (including phenoxy) is 1. The molecule has 0 bridgehead atoms. The highest BCUT2D eigenvalue weighted by molar-refractivity contribution is 7.61. The number of aromatic nitrogens is 5. The Balaban J connectivity index is 1.04. The number of carbonyl (C=O) groups excluding carboxylic acids is 1. The Morgan fingerprint density at radius 3 is 2.57 bits per heavy atom. The SMILES string of the molecule is CCn1c2ccccc2c2cc(NC(=O)COP(=O)(O)OP(=O)(O)OC[C@H]3O[C@@H](n4cnc5c(=O)[nH]c(N)nc54)[C@H](O)[C@@H]3O)ccc21. The number of phosphoric acid groups is 2. The minimum atomic E-state index is -5.36. The van der Waals surface area contributed by atoms with E-state index in [0.717, 1.165) is 39.2 Å². The lowest BCUT2D eigenvalue weighted by molar-refractivity contribution is -0.118. The molecule has 1 fully saturated rings. The molecule has 250 valence electrons. The van der Waals surface area contributed by atoms with E-state index in [0.29, 0.717) is 5.69 Å². The highest BCUT2D eigenvalue weighted by atomic mass is 31.3. The van der Waals surface area contributed by atoms with E-state index in [1.807, 2.05) is 37.3 Å². The van der Waals surface area contributed by atoms with E-state index in [9.17, 15) is 38.7 Å². The van der Waals surface area contributed by atoms with Crippen LogP contribution in [-0.2, 0) is 38.6 Å². The average Bonchev–Trinajstić information content (AvgIpc) is 3.66. The van der Waals surface area contributed by atoms with Gasteiger partial charge in [-0.2, -0.15) is 9.29 Å². The second-order valence-corrected chi connectivity index (χ2v) is 13.5. The molecule has 5 aromatic rings. The van der Waals surface area contributed by atoms with E-state index >= 15 is 0 Å². The number of aliphatic hydroxyl groups is 2. The fourth-order valence-corrected chi connectivity index (χ4v) is 7.42. The summed E-state index contributed by atoms with van der Waals surface area (Å²) in [5, 5.41) is 25.3. The number of fused-ring (bicyclic) bond motifs is 4. The maximum absolute atomic E-state index is 12.5. The van der Waals surface area contributed by atoms with Gasteiger partial charge >= 0.3 is 15.6 Å². The largest absolute Gasteiger partial charge is 0.481 e. The third kappa shape index (κ3) is 6.59. The van der Waals surface area contributed by atoms with Gasteiger partial charge in [0.25, 0.3) is 11.5 Å². The number of aryl methyl sites for hydroxylation is 1. The van der Waals surface area contributed by atoms with E-state index in [-0.39, 0.29) is 17.1 Å². The van der Waals surface area contributed by atoms with Crippen LogP contribution < -0.4 is 16.6 Å². The Bertz CT molecular complexity index is 2150. The van der Waals surface area contributed by atoms with Crippen molar-refractivity contribution in [2.75, 3.05) is 24.3 Å². The van der Waals surface area contributed by atoms with Crippen molar-refractivity contribution < 1.29 is 52.0 Å². The van der Waals surface area contributed by atoms with Crippen molar-refractivity contribution in [3.05, 3.63) is 59.1 Å². The van der Waals surface area contributed by atoms with Crippen molar-refractivity contribution in [1.82, 2.24) is 24.1 Å². The lowest BCUT2D eigenvalue weighted by Gasteiger charge is -2.19. The van der Waals surface area contributed by atoms with Crippen LogP contribution >= 0.6 is 15.6 Å². The lowest BCUT2D eigenvalue weighted by Crippen LogP contribution is -2.33. The number of benzene rings is 2. The zero-order chi connectivity index (χ0) is 33.7. The third-order valence-electron chi connectivity index (χ3n) is 7.40. The topological polar surface area (TPSA) is 276 Å². The molecule has 47 heavy (non-hydrogen) atoms. The van der Waals surface area contributed by atoms with Crippen LogP contribution in [0.4, 0.5) is 11.6 Å². The molecular formula is C26H29N7O12P2. The molecule has 6 rings (SSSR count). The number of carbonyl (C=O) groups is 1. The summed E-state index contributed by atoms with van der Waals surface area (Å²) >= 11 is 0. The van der Waals surface area contributed by atoms with E-state index < -0.39 is 64.9 Å². The fraction of sp³-hybridized carbons (Fsp3) is 0.308. The molecule has 1 aliphatic rings. The minimum Gasteiger partial charge on any atom is -0.387 e. The Morgan fingerprint density at radius 1 is 1.09 bits per heavy atom. The molecule has 2 aromatic carbocycles. The highest BCUT2D eigenvalue weighted by Crippen LogP contribution is 2.60. The first-order valence-electron chi connectivity index (χ1n) is 14.0. The number of rotatable bonds is 11. The van der Waals surface area contributed by atoms with Gasteiger partial charge in [-0.3, -0.25) is 28.2 Å². The fourth-order valence-electron chi connectivity index (χ4n) is 5.38. The molecule has 1 amide bonds. The Kier molecular flexibility index (Phi) is 8.79. The summed E-state index contributed by atoms with van der Waals surface area (Å²) in [5.41, 5.74) is 7.04. The van der Waals surface area contributed by atoms with Crippen LogP contribution in [0.1, 0.15) is 13.2 Å². The van der Waals surface area contributed by atoms with Gasteiger partial charge in [-0.1, -0.05) is 18.2 Å². The number of phosphoric ester groups is 2. The van der Waals surface area contributed by atoms with Gasteiger partial charge in [0, 0.05) is 34.0 Å². The second-order valence-electron chi connectivity index (χ2n) is 10.5. The smallest absolute Gasteiger partial charge is 0.387 e. The molecule has 2 unspecified atom stereocenters. The average molecular weight is 694 g/mol. The van der Waals surface area contributed by atoms with Gasteiger partial charge in [-0.15, -0.1) is 0 Å². The molecule has 21 heteroatoms. The molecule has 1 saturated heterocycles. The number of nitrogens with zero attached hydrogens (tertiary/aromatic N) is 4. The molecule has 0 aliphatic carbocycles. The van der Waals surface area contributed by atoms with Crippen LogP contribution in [0.3, 0.4) is 0 Å². The van der Waals surface area contributed by atoms with Crippen molar-refractivity contribution in [2.24, 2.45) is 0 Å². The summed E-state index contributed by atoms with van der Waals surface area (Å²) in [4.78, 5) is 54.7. The van der Waals surface area contributed by atoms with Gasteiger partial charge in [0.15, 0.2) is 17.4 Å². The van der Waals surface area contributed by atoms with Gasteiger partial charge in [-0.05, 0) is 31.2 Å². The monoisotopic (exact) mass is 693 g/mol. The molecule has 8 N–H and O–H groups in total. The highest BCUT2D eigenvalue weighted by Gasteiger charge is 2.46.